The maximum Gasteiger partial charge on any atom is 0.337 e. The first-order valence-corrected chi connectivity index (χ1v) is 10.6. The van der Waals surface area contributed by atoms with E-state index in [-0.39, 0.29) is 16.5 Å². The van der Waals surface area contributed by atoms with Gasteiger partial charge in [0.1, 0.15) is 0 Å². The molecule has 0 bridgehead atoms. The Kier molecular flexibility index (Phi) is 7.20. The molecule has 0 saturated heterocycles. The molecule has 1 amide bonds. The van der Waals surface area contributed by atoms with Crippen molar-refractivity contribution in [1.29, 1.82) is 0 Å². The zero-order valence-corrected chi connectivity index (χ0v) is 19.1. The third-order valence-electron chi connectivity index (χ3n) is 4.64. The van der Waals surface area contributed by atoms with Gasteiger partial charge in [-0.25, -0.2) is 4.79 Å². The molecule has 0 radical (unpaired) electrons. The number of carbonyl (C=O) groups excluding carboxylic acids is 1. The monoisotopic (exact) mass is 456 g/mol. The van der Waals surface area contributed by atoms with E-state index in [2.05, 4.69) is 18.9 Å². The van der Waals surface area contributed by atoms with Gasteiger partial charge in [0.2, 0.25) is 0 Å². The number of carboxylic acids is 1. The molecule has 1 aliphatic rings. The molecule has 2 aromatic carbocycles. The van der Waals surface area contributed by atoms with Crippen LogP contribution in [0, 0.1) is 5.92 Å². The van der Waals surface area contributed by atoms with Crippen molar-refractivity contribution in [2.75, 3.05) is 18.2 Å². The Labute approximate surface area is 191 Å². The van der Waals surface area contributed by atoms with Crippen LogP contribution in [-0.4, -0.2) is 35.9 Å². The topological polar surface area (TPSA) is 88.4 Å². The molecule has 0 aromatic heterocycles. The van der Waals surface area contributed by atoms with E-state index in [1.54, 1.807) is 19.1 Å². The van der Waals surface area contributed by atoms with Crippen LogP contribution < -0.4 is 14.5 Å². The Hall–Kier alpha value is -3.32. The molecular formula is C24H25ClN2O5. The van der Waals surface area contributed by atoms with Crippen molar-refractivity contribution in [3.63, 3.8) is 0 Å². The van der Waals surface area contributed by atoms with Gasteiger partial charge in [0, 0.05) is 0 Å². The predicted molar refractivity (Wildman–Crippen MR) is 125 cm³/mol. The minimum absolute atomic E-state index is 0.0904. The van der Waals surface area contributed by atoms with Gasteiger partial charge in [0.05, 0.1) is 40.8 Å². The third kappa shape index (κ3) is 5.11. The molecular weight excluding hydrogens is 432 g/mol. The lowest BCUT2D eigenvalue weighted by molar-refractivity contribution is -0.114. The summed E-state index contributed by atoms with van der Waals surface area (Å²) in [5.41, 5.74) is 1.90. The molecule has 32 heavy (non-hydrogen) atoms. The first-order valence-electron chi connectivity index (χ1n) is 10.3. The number of carbonyl (C=O) groups is 2. The molecule has 7 nitrogen and oxygen atoms in total. The van der Waals surface area contributed by atoms with Crippen LogP contribution in [0.2, 0.25) is 5.02 Å². The van der Waals surface area contributed by atoms with Gasteiger partial charge >= 0.3 is 5.97 Å². The summed E-state index contributed by atoms with van der Waals surface area (Å²) in [4.78, 5) is 24.4. The standard InChI is InChI=1S/C24H25ClN2O5/c1-5-31-22-11-16(6-9-21(22)32-13-14(2)3)10-18-15(4)26-27(23(18)28)17-7-8-20(25)19(12-17)24(29)30/h6-12,14H,5,13H2,1-4H3,(H,29,30)/b18-10-. The fourth-order valence-electron chi connectivity index (χ4n) is 3.09. The molecule has 1 aliphatic heterocycles. The summed E-state index contributed by atoms with van der Waals surface area (Å²) in [5.74, 6) is 0.0854. The van der Waals surface area contributed by atoms with Crippen molar-refractivity contribution < 1.29 is 24.2 Å². The summed E-state index contributed by atoms with van der Waals surface area (Å²) < 4.78 is 11.5. The molecule has 8 heteroatoms. The fraction of sp³-hybridized carbons (Fsp3) is 0.292. The molecule has 1 N–H and O–H groups in total. The van der Waals surface area contributed by atoms with Crippen molar-refractivity contribution in [2.45, 2.75) is 27.7 Å². The van der Waals surface area contributed by atoms with Crippen LogP contribution >= 0.6 is 11.6 Å². The van der Waals surface area contributed by atoms with Gasteiger partial charge in [0.25, 0.3) is 5.91 Å². The SMILES string of the molecule is CCOc1cc(/C=C2\C(=O)N(c3ccc(Cl)c(C(=O)O)c3)N=C2C)ccc1OCC(C)C. The van der Waals surface area contributed by atoms with Gasteiger partial charge in [-0.3, -0.25) is 4.79 Å². The number of ether oxygens (including phenoxy) is 2. The number of hydrogen-bond acceptors (Lipinski definition) is 5. The van der Waals surface area contributed by atoms with E-state index in [4.69, 9.17) is 21.1 Å². The predicted octanol–water partition coefficient (Wildman–Crippen LogP) is 5.28. The van der Waals surface area contributed by atoms with Crippen LogP contribution in [0.1, 0.15) is 43.6 Å². The van der Waals surface area contributed by atoms with E-state index in [0.717, 1.165) is 5.56 Å². The highest BCUT2D eigenvalue weighted by Crippen LogP contribution is 2.32. The molecule has 0 atom stereocenters. The maximum absolute atomic E-state index is 13.0. The highest BCUT2D eigenvalue weighted by atomic mass is 35.5. The van der Waals surface area contributed by atoms with Crippen LogP contribution in [0.4, 0.5) is 5.69 Å². The van der Waals surface area contributed by atoms with Crippen LogP contribution in [-0.2, 0) is 4.79 Å². The van der Waals surface area contributed by atoms with E-state index in [1.807, 2.05) is 25.1 Å². The molecule has 168 valence electrons. The highest BCUT2D eigenvalue weighted by molar-refractivity contribution is 6.34. The second-order valence-corrected chi connectivity index (χ2v) is 8.08. The second kappa shape index (κ2) is 9.87. The number of hydrazone groups is 1. The smallest absolute Gasteiger partial charge is 0.337 e. The summed E-state index contributed by atoms with van der Waals surface area (Å²) in [7, 11) is 0. The van der Waals surface area contributed by atoms with Crippen molar-refractivity contribution in [3.8, 4) is 11.5 Å². The number of carboxylic acid groups (broad SMARTS) is 1. The fourth-order valence-corrected chi connectivity index (χ4v) is 3.29. The first kappa shape index (κ1) is 23.3. The van der Waals surface area contributed by atoms with E-state index in [0.29, 0.717) is 47.6 Å². The van der Waals surface area contributed by atoms with E-state index >= 15 is 0 Å². The zero-order valence-electron chi connectivity index (χ0n) is 18.4. The number of aromatic carboxylic acids is 1. The minimum Gasteiger partial charge on any atom is -0.490 e. The minimum atomic E-state index is -1.18. The summed E-state index contributed by atoms with van der Waals surface area (Å²) in [6, 6.07) is 9.81. The average molecular weight is 457 g/mol. The third-order valence-corrected chi connectivity index (χ3v) is 4.97. The summed E-state index contributed by atoms with van der Waals surface area (Å²) in [6.45, 7) is 8.80. The Morgan fingerprint density at radius 1 is 1.19 bits per heavy atom. The lowest BCUT2D eigenvalue weighted by atomic mass is 10.1. The van der Waals surface area contributed by atoms with Gasteiger partial charge in [-0.2, -0.15) is 10.1 Å². The van der Waals surface area contributed by atoms with Crippen LogP contribution in [0.25, 0.3) is 6.08 Å². The van der Waals surface area contributed by atoms with Crippen LogP contribution in [0.15, 0.2) is 47.1 Å². The van der Waals surface area contributed by atoms with Crippen molar-refractivity contribution in [3.05, 3.63) is 58.1 Å². The Bertz CT molecular complexity index is 1110. The van der Waals surface area contributed by atoms with Crippen LogP contribution in [0.3, 0.4) is 0 Å². The zero-order chi connectivity index (χ0) is 23.4. The van der Waals surface area contributed by atoms with Crippen LogP contribution in [0.5, 0.6) is 11.5 Å². The lowest BCUT2D eigenvalue weighted by Crippen LogP contribution is -2.21. The Balaban J connectivity index is 1.91. The number of halogens is 1. The first-order chi connectivity index (χ1) is 15.2. The largest absolute Gasteiger partial charge is 0.490 e. The number of anilines is 1. The van der Waals surface area contributed by atoms with Gasteiger partial charge < -0.3 is 14.6 Å². The molecule has 3 rings (SSSR count). The second-order valence-electron chi connectivity index (χ2n) is 7.67. The van der Waals surface area contributed by atoms with Gasteiger partial charge in [0.15, 0.2) is 11.5 Å². The number of hydrogen-bond donors (Lipinski definition) is 1. The Morgan fingerprint density at radius 3 is 2.59 bits per heavy atom. The van der Waals surface area contributed by atoms with Gasteiger partial charge in [-0.1, -0.05) is 31.5 Å². The molecule has 0 unspecified atom stereocenters. The lowest BCUT2D eigenvalue weighted by Gasteiger charge is -2.14. The normalized spacial score (nSPS) is 14.8. The molecule has 0 fully saturated rings. The van der Waals surface area contributed by atoms with Crippen molar-refractivity contribution in [2.24, 2.45) is 11.0 Å². The summed E-state index contributed by atoms with van der Waals surface area (Å²) in [6.07, 6.45) is 1.73. The number of amides is 1. The van der Waals surface area contributed by atoms with E-state index < -0.39 is 5.97 Å². The summed E-state index contributed by atoms with van der Waals surface area (Å²) >= 11 is 5.94. The highest BCUT2D eigenvalue weighted by Gasteiger charge is 2.29. The molecule has 0 aliphatic carbocycles. The molecule has 0 saturated carbocycles. The Morgan fingerprint density at radius 2 is 1.94 bits per heavy atom. The molecule has 2 aromatic rings. The molecule has 0 spiro atoms. The van der Waals surface area contributed by atoms with Crippen molar-refractivity contribution in [1.82, 2.24) is 0 Å². The number of benzene rings is 2. The van der Waals surface area contributed by atoms with E-state index in [9.17, 15) is 14.7 Å². The summed E-state index contributed by atoms with van der Waals surface area (Å²) in [5, 5.41) is 14.9. The van der Waals surface area contributed by atoms with Gasteiger partial charge in [-0.05, 0) is 61.7 Å². The molecule has 1 heterocycles. The number of rotatable bonds is 8. The quantitative estimate of drug-likeness (QED) is 0.546. The average Bonchev–Trinajstić information content (AvgIpc) is 3.01. The van der Waals surface area contributed by atoms with Gasteiger partial charge in [-0.15, -0.1) is 0 Å². The van der Waals surface area contributed by atoms with E-state index in [1.165, 1.54) is 17.1 Å². The maximum atomic E-state index is 13.0. The number of nitrogens with zero attached hydrogens (tertiary/aromatic N) is 2. The van der Waals surface area contributed by atoms with Crippen molar-refractivity contribution >= 4 is 41.0 Å².